The maximum absolute atomic E-state index is 13.9. The number of carbonyl (C=O) groups is 2. The van der Waals surface area contributed by atoms with Crippen LogP contribution >= 0.6 is 11.6 Å². The van der Waals surface area contributed by atoms with E-state index in [2.05, 4.69) is 25.9 Å². The topological polar surface area (TPSA) is 127 Å². The Morgan fingerprint density at radius 3 is 2.42 bits per heavy atom. The third kappa shape index (κ3) is 6.65. The molecule has 2 aromatic heterocycles. The summed E-state index contributed by atoms with van der Waals surface area (Å²) in [6.07, 6.45) is -2.27. The minimum atomic E-state index is -4.85. The predicted octanol–water partition coefficient (Wildman–Crippen LogP) is 6.18. The average Bonchev–Trinajstić information content (AvgIpc) is 3.69. The Morgan fingerprint density at radius 2 is 1.71 bits per heavy atom. The van der Waals surface area contributed by atoms with Crippen molar-refractivity contribution in [3.8, 4) is 34.1 Å². The summed E-state index contributed by atoms with van der Waals surface area (Å²) in [4.78, 5) is 35.0. The number of nitrogens with one attached hydrogen (secondary N) is 3. The number of aldehydes is 1. The van der Waals surface area contributed by atoms with Crippen LogP contribution in [0.5, 0.6) is 11.8 Å². The van der Waals surface area contributed by atoms with E-state index in [1.807, 2.05) is 48.5 Å². The van der Waals surface area contributed by atoms with Crippen molar-refractivity contribution in [2.75, 3.05) is 26.1 Å². The minimum Gasteiger partial charge on any atom is -0.481 e. The van der Waals surface area contributed by atoms with Crippen molar-refractivity contribution in [3.05, 3.63) is 81.6 Å². The van der Waals surface area contributed by atoms with Gasteiger partial charge in [-0.2, -0.15) is 18.2 Å². The Bertz CT molecular complexity index is 1870. The number of alkyl halides is 3. The van der Waals surface area contributed by atoms with E-state index in [1.54, 1.807) is 7.11 Å². The van der Waals surface area contributed by atoms with Crippen molar-refractivity contribution in [1.29, 1.82) is 0 Å². The molecule has 1 amide bonds. The molecule has 10 nitrogen and oxygen atoms in total. The molecule has 0 bridgehead atoms. The quantitative estimate of drug-likeness (QED) is 0.159. The Labute approximate surface area is 279 Å². The van der Waals surface area contributed by atoms with Gasteiger partial charge in [0.2, 0.25) is 17.7 Å². The zero-order valence-corrected chi connectivity index (χ0v) is 26.8. The first-order valence-electron chi connectivity index (χ1n) is 15.3. The average molecular weight is 681 g/mol. The molecular formula is C34H32ClF3N6O4. The van der Waals surface area contributed by atoms with E-state index in [0.29, 0.717) is 54.5 Å². The lowest BCUT2D eigenvalue weighted by atomic mass is 9.94. The highest BCUT2D eigenvalue weighted by molar-refractivity contribution is 6.36. The monoisotopic (exact) mass is 680 g/mol. The molecule has 1 fully saturated rings. The molecular weight excluding hydrogens is 649 g/mol. The first-order valence-corrected chi connectivity index (χ1v) is 15.7. The lowest BCUT2D eigenvalue weighted by molar-refractivity contribution is -0.140. The van der Waals surface area contributed by atoms with Crippen LogP contribution in [0.15, 0.2) is 48.5 Å². The Balaban J connectivity index is 1.27. The van der Waals surface area contributed by atoms with Crippen LogP contribution in [0.25, 0.3) is 22.4 Å². The van der Waals surface area contributed by atoms with Gasteiger partial charge < -0.3 is 25.4 Å². The molecule has 0 saturated carbocycles. The van der Waals surface area contributed by atoms with Crippen molar-refractivity contribution in [3.63, 3.8) is 0 Å². The minimum absolute atomic E-state index is 0.0686. The van der Waals surface area contributed by atoms with E-state index >= 15 is 0 Å². The van der Waals surface area contributed by atoms with Gasteiger partial charge in [0.15, 0.2) is 23.5 Å². The molecule has 1 aliphatic heterocycles. The summed E-state index contributed by atoms with van der Waals surface area (Å²) in [5.41, 5.74) is 3.69. The Hall–Kier alpha value is -4.75. The molecule has 0 radical (unpaired) electrons. The summed E-state index contributed by atoms with van der Waals surface area (Å²) in [6.45, 7) is 1.14. The zero-order valence-electron chi connectivity index (χ0n) is 26.1. The van der Waals surface area contributed by atoms with Gasteiger partial charge >= 0.3 is 6.18 Å². The molecule has 6 rings (SSSR count). The molecule has 1 unspecified atom stereocenters. The number of aromatic nitrogens is 3. The number of carbonyl (C=O) groups excluding carboxylic acids is 2. The summed E-state index contributed by atoms with van der Waals surface area (Å²) in [5, 5.41) is 9.68. The molecule has 1 aliphatic carbocycles. The highest BCUT2D eigenvalue weighted by atomic mass is 35.5. The fraction of sp³-hybridized carbons (Fsp3) is 0.324. The summed E-state index contributed by atoms with van der Waals surface area (Å²) in [7, 11) is 2.76. The van der Waals surface area contributed by atoms with Crippen molar-refractivity contribution < 1.29 is 32.2 Å². The number of benzene rings is 2. The van der Waals surface area contributed by atoms with E-state index < -0.39 is 29.4 Å². The molecule has 2 atom stereocenters. The van der Waals surface area contributed by atoms with Gasteiger partial charge in [-0.1, -0.05) is 54.1 Å². The van der Waals surface area contributed by atoms with Crippen molar-refractivity contribution in [2.24, 2.45) is 0 Å². The van der Waals surface area contributed by atoms with Crippen LogP contribution in [0.1, 0.15) is 58.2 Å². The number of methoxy groups -OCH3 is 2. The number of fused-ring (bicyclic) bond motifs is 1. The smallest absolute Gasteiger partial charge is 0.437 e. The van der Waals surface area contributed by atoms with E-state index in [4.69, 9.17) is 26.1 Å². The zero-order chi connectivity index (χ0) is 34.0. The second-order valence-electron chi connectivity index (χ2n) is 11.5. The van der Waals surface area contributed by atoms with Gasteiger partial charge in [-0.05, 0) is 42.0 Å². The normalized spacial score (nSPS) is 17.2. The molecule has 2 aliphatic rings. The molecule has 250 valence electrons. The molecule has 0 spiro atoms. The first kappa shape index (κ1) is 33.2. The third-order valence-corrected chi connectivity index (χ3v) is 8.94. The SMILES string of the molecule is COc1nc(-c2cccc(-c3cccc4c3CC[C@@H]4Nc3nc(OC)c(C=O)nc3C(F)(F)F)c2Cl)ccc1CNCC1CCC(=O)N1. The summed E-state index contributed by atoms with van der Waals surface area (Å²) < 4.78 is 52.4. The molecule has 14 heteroatoms. The number of amides is 1. The van der Waals surface area contributed by atoms with E-state index in [0.717, 1.165) is 34.2 Å². The van der Waals surface area contributed by atoms with Crippen LogP contribution in [-0.2, 0) is 23.9 Å². The molecule has 4 aromatic rings. The number of anilines is 1. The van der Waals surface area contributed by atoms with Gasteiger partial charge in [0.25, 0.3) is 0 Å². The van der Waals surface area contributed by atoms with Crippen molar-refractivity contribution in [1.82, 2.24) is 25.6 Å². The van der Waals surface area contributed by atoms with Gasteiger partial charge in [0.1, 0.15) is 0 Å². The van der Waals surface area contributed by atoms with Gasteiger partial charge in [-0.25, -0.2) is 9.97 Å². The standard InChI is InChI=1S/C34H32ClF3N6O4/c1-47-32-18(15-39-16-19-10-14-28(46)40-19)9-12-26(43-32)24-8-4-7-23(29(24)35)20-5-3-6-22-21(20)11-13-25(22)42-31-30(34(36,37)38)41-27(17-45)33(44-31)48-2/h3-9,12,17,19,25,39H,10-11,13-16H2,1-2H3,(H,40,46)(H,42,44)/t19?,25-/m0/s1. The molecule has 3 N–H and O–H groups in total. The number of hydrogen-bond donors (Lipinski definition) is 3. The predicted molar refractivity (Wildman–Crippen MR) is 173 cm³/mol. The summed E-state index contributed by atoms with van der Waals surface area (Å²) in [6, 6.07) is 14.7. The largest absolute Gasteiger partial charge is 0.481 e. The highest BCUT2D eigenvalue weighted by Crippen LogP contribution is 2.44. The fourth-order valence-electron chi connectivity index (χ4n) is 6.26. The highest BCUT2D eigenvalue weighted by Gasteiger charge is 2.39. The lowest BCUT2D eigenvalue weighted by Crippen LogP contribution is -2.35. The molecule has 2 aromatic carbocycles. The van der Waals surface area contributed by atoms with Gasteiger partial charge in [0, 0.05) is 42.2 Å². The number of nitrogens with zero attached hydrogens (tertiary/aromatic N) is 3. The van der Waals surface area contributed by atoms with E-state index in [9.17, 15) is 22.8 Å². The second-order valence-corrected chi connectivity index (χ2v) is 11.9. The fourth-order valence-corrected chi connectivity index (χ4v) is 6.58. The van der Waals surface area contributed by atoms with Crippen LogP contribution in [0.2, 0.25) is 5.02 Å². The number of hydrogen-bond acceptors (Lipinski definition) is 9. The molecule has 48 heavy (non-hydrogen) atoms. The van der Waals surface area contributed by atoms with Crippen LogP contribution < -0.4 is 25.4 Å². The number of rotatable bonds is 11. The second kappa shape index (κ2) is 13.8. The van der Waals surface area contributed by atoms with E-state index in [-0.39, 0.29) is 24.1 Å². The maximum Gasteiger partial charge on any atom is 0.437 e. The first-order chi connectivity index (χ1) is 23.1. The van der Waals surface area contributed by atoms with Crippen LogP contribution in [0.3, 0.4) is 0 Å². The van der Waals surface area contributed by atoms with E-state index in [1.165, 1.54) is 7.11 Å². The number of ether oxygens (including phenoxy) is 2. The lowest BCUT2D eigenvalue weighted by Gasteiger charge is -2.20. The molecule has 3 heterocycles. The Kier molecular flexibility index (Phi) is 9.51. The van der Waals surface area contributed by atoms with Crippen molar-refractivity contribution in [2.45, 2.75) is 50.5 Å². The summed E-state index contributed by atoms with van der Waals surface area (Å²) in [5.74, 6) is -0.299. The van der Waals surface area contributed by atoms with Crippen LogP contribution in [-0.4, -0.2) is 54.0 Å². The van der Waals surface area contributed by atoms with Gasteiger partial charge in [-0.3, -0.25) is 9.59 Å². The van der Waals surface area contributed by atoms with Gasteiger partial charge in [0.05, 0.1) is 31.0 Å². The molecule has 1 saturated heterocycles. The van der Waals surface area contributed by atoms with Crippen molar-refractivity contribution >= 4 is 29.6 Å². The van der Waals surface area contributed by atoms with Gasteiger partial charge in [-0.15, -0.1) is 0 Å². The third-order valence-electron chi connectivity index (χ3n) is 8.53. The van der Waals surface area contributed by atoms with Crippen LogP contribution in [0.4, 0.5) is 19.0 Å². The maximum atomic E-state index is 13.9. The summed E-state index contributed by atoms with van der Waals surface area (Å²) >= 11 is 7.05. The Morgan fingerprint density at radius 1 is 0.958 bits per heavy atom. The number of pyridine rings is 1. The van der Waals surface area contributed by atoms with Crippen LogP contribution in [0, 0.1) is 0 Å². The number of halogens is 4.